The van der Waals surface area contributed by atoms with Crippen LogP contribution in [0, 0.1) is 5.82 Å². The van der Waals surface area contributed by atoms with Crippen LogP contribution in [0.15, 0.2) is 76.7 Å². The van der Waals surface area contributed by atoms with Crippen molar-refractivity contribution in [1.29, 1.82) is 0 Å². The monoisotopic (exact) mass is 397 g/mol. The number of pyridine rings is 1. The van der Waals surface area contributed by atoms with E-state index >= 15 is 0 Å². The lowest BCUT2D eigenvalue weighted by Crippen LogP contribution is -2.13. The summed E-state index contributed by atoms with van der Waals surface area (Å²) in [4.78, 5) is 15.5. The minimum absolute atomic E-state index is 0.0320. The lowest BCUT2D eigenvalue weighted by molar-refractivity contribution is 0.0589. The van der Waals surface area contributed by atoms with Crippen LogP contribution >= 0.6 is 0 Å². The Labute approximate surface area is 162 Å². The van der Waals surface area contributed by atoms with Crippen molar-refractivity contribution in [3.63, 3.8) is 0 Å². The van der Waals surface area contributed by atoms with E-state index in [-0.39, 0.29) is 21.3 Å². The summed E-state index contributed by atoms with van der Waals surface area (Å²) in [6.07, 6.45) is 4.90. The molecule has 142 valence electrons. The first kappa shape index (κ1) is 19.4. The molecule has 0 fully saturated rings. The summed E-state index contributed by atoms with van der Waals surface area (Å²) in [5.74, 6) is -1.13. The van der Waals surface area contributed by atoms with Gasteiger partial charge in [-0.25, -0.2) is 22.6 Å². The molecule has 0 saturated carbocycles. The molecule has 0 N–H and O–H groups in total. The third kappa shape index (κ3) is 4.15. The Morgan fingerprint density at radius 1 is 0.964 bits per heavy atom. The molecule has 0 aliphatic heterocycles. The van der Waals surface area contributed by atoms with E-state index in [4.69, 9.17) is 0 Å². The van der Waals surface area contributed by atoms with Gasteiger partial charge in [-0.15, -0.1) is 0 Å². The Bertz CT molecular complexity index is 1120. The van der Waals surface area contributed by atoms with Gasteiger partial charge in [-0.1, -0.05) is 36.4 Å². The van der Waals surface area contributed by atoms with Gasteiger partial charge in [0, 0.05) is 6.20 Å². The van der Waals surface area contributed by atoms with Crippen molar-refractivity contribution in [3.8, 4) is 0 Å². The van der Waals surface area contributed by atoms with E-state index in [0.717, 1.165) is 18.2 Å². The molecule has 2 aromatic carbocycles. The highest BCUT2D eigenvalue weighted by atomic mass is 32.2. The van der Waals surface area contributed by atoms with Crippen LogP contribution in [0.5, 0.6) is 0 Å². The Hall–Kier alpha value is -3.32. The molecule has 0 amide bonds. The van der Waals surface area contributed by atoms with Gasteiger partial charge in [-0.3, -0.25) is 0 Å². The Kier molecular flexibility index (Phi) is 5.65. The van der Waals surface area contributed by atoms with Gasteiger partial charge in [0.05, 0.1) is 12.0 Å². The number of esters is 1. The Balaban J connectivity index is 1.89. The van der Waals surface area contributed by atoms with Crippen molar-refractivity contribution >= 4 is 28.0 Å². The van der Waals surface area contributed by atoms with Gasteiger partial charge >= 0.3 is 5.97 Å². The molecule has 0 atom stereocenters. The predicted molar refractivity (Wildman–Crippen MR) is 103 cm³/mol. The molecule has 7 heteroatoms. The van der Waals surface area contributed by atoms with E-state index in [0.29, 0.717) is 0 Å². The second-order valence-corrected chi connectivity index (χ2v) is 7.72. The summed E-state index contributed by atoms with van der Waals surface area (Å²) in [5.41, 5.74) is 1.32. The number of carbonyl (C=O) groups is 1. The average molecular weight is 397 g/mol. The zero-order chi connectivity index (χ0) is 20.1. The van der Waals surface area contributed by atoms with Crippen molar-refractivity contribution in [3.05, 3.63) is 89.5 Å². The first-order valence-electron chi connectivity index (χ1n) is 8.24. The standard InChI is InChI=1S/C21H16FNO4S/c1-27-21(24)20-19(3-2-14-23-20)28(25,26)18-12-8-16(9-13-18)5-4-15-6-10-17(22)11-7-15/h2-14H,1H3/b5-4+. The number of hydrogen-bond acceptors (Lipinski definition) is 5. The van der Waals surface area contributed by atoms with Gasteiger partial charge < -0.3 is 4.74 Å². The van der Waals surface area contributed by atoms with Crippen molar-refractivity contribution in [2.24, 2.45) is 0 Å². The van der Waals surface area contributed by atoms with Gasteiger partial charge in [0.1, 0.15) is 10.7 Å². The van der Waals surface area contributed by atoms with Gasteiger partial charge in [-0.2, -0.15) is 0 Å². The first-order chi connectivity index (χ1) is 13.4. The molecule has 0 aliphatic rings. The molecule has 1 aromatic heterocycles. The summed E-state index contributed by atoms with van der Waals surface area (Å²) in [5, 5.41) is 0. The van der Waals surface area contributed by atoms with Crippen molar-refractivity contribution in [2.45, 2.75) is 9.79 Å². The fourth-order valence-electron chi connectivity index (χ4n) is 2.51. The largest absolute Gasteiger partial charge is 0.464 e. The second-order valence-electron chi connectivity index (χ2n) is 5.80. The van der Waals surface area contributed by atoms with Gasteiger partial charge in [-0.05, 0) is 47.5 Å². The fourth-order valence-corrected chi connectivity index (χ4v) is 3.91. The van der Waals surface area contributed by atoms with Crippen LogP contribution in [0.4, 0.5) is 4.39 Å². The van der Waals surface area contributed by atoms with Gasteiger partial charge in [0.15, 0.2) is 5.69 Å². The number of carbonyl (C=O) groups excluding carboxylic acids is 1. The number of methoxy groups -OCH3 is 1. The maximum atomic E-state index is 12.9. The number of hydrogen-bond donors (Lipinski definition) is 0. The van der Waals surface area contributed by atoms with E-state index in [1.54, 1.807) is 36.4 Å². The molecule has 5 nitrogen and oxygen atoms in total. The molecule has 0 radical (unpaired) electrons. The van der Waals surface area contributed by atoms with E-state index < -0.39 is 15.8 Å². The summed E-state index contributed by atoms with van der Waals surface area (Å²) in [7, 11) is -2.78. The second kappa shape index (κ2) is 8.14. The number of rotatable bonds is 5. The van der Waals surface area contributed by atoms with Crippen LogP contribution < -0.4 is 0 Å². The van der Waals surface area contributed by atoms with E-state index in [1.807, 2.05) is 0 Å². The van der Waals surface area contributed by atoms with Crippen molar-refractivity contribution in [2.75, 3.05) is 7.11 Å². The first-order valence-corrected chi connectivity index (χ1v) is 9.72. The number of sulfone groups is 1. The van der Waals surface area contributed by atoms with Crippen LogP contribution in [0.2, 0.25) is 0 Å². The lowest BCUT2D eigenvalue weighted by atomic mass is 10.1. The molecule has 0 unspecified atom stereocenters. The smallest absolute Gasteiger partial charge is 0.358 e. The highest BCUT2D eigenvalue weighted by Gasteiger charge is 2.25. The van der Waals surface area contributed by atoms with Crippen molar-refractivity contribution < 1.29 is 22.3 Å². The number of aromatic nitrogens is 1. The molecular formula is C21H16FNO4S. The molecule has 0 spiro atoms. The van der Waals surface area contributed by atoms with Crippen LogP contribution in [0.25, 0.3) is 12.2 Å². The molecule has 0 bridgehead atoms. The molecule has 3 aromatic rings. The summed E-state index contributed by atoms with van der Waals surface area (Å²) >= 11 is 0. The molecular weight excluding hydrogens is 381 g/mol. The highest BCUT2D eigenvalue weighted by Crippen LogP contribution is 2.24. The summed E-state index contributed by atoms with van der Waals surface area (Å²) in [6, 6.07) is 15.0. The SMILES string of the molecule is COC(=O)c1ncccc1S(=O)(=O)c1ccc(/C=C/c2ccc(F)cc2)cc1. The number of nitrogens with zero attached hydrogens (tertiary/aromatic N) is 1. The van der Waals surface area contributed by atoms with Gasteiger partial charge in [0.2, 0.25) is 9.84 Å². The third-order valence-electron chi connectivity index (χ3n) is 3.97. The van der Waals surface area contributed by atoms with Crippen molar-refractivity contribution in [1.82, 2.24) is 4.98 Å². The van der Waals surface area contributed by atoms with Crippen LogP contribution in [-0.2, 0) is 14.6 Å². The van der Waals surface area contributed by atoms with E-state index in [2.05, 4.69) is 9.72 Å². The molecule has 28 heavy (non-hydrogen) atoms. The predicted octanol–water partition coefficient (Wildman–Crippen LogP) is 4.01. The minimum Gasteiger partial charge on any atom is -0.464 e. The van der Waals surface area contributed by atoms with Crippen LogP contribution in [0.1, 0.15) is 21.6 Å². The Morgan fingerprint density at radius 3 is 2.11 bits per heavy atom. The zero-order valence-electron chi connectivity index (χ0n) is 14.9. The van der Waals surface area contributed by atoms with E-state index in [1.165, 1.54) is 42.6 Å². The fraction of sp³-hybridized carbons (Fsp3) is 0.0476. The topological polar surface area (TPSA) is 73.3 Å². The number of benzene rings is 2. The van der Waals surface area contributed by atoms with Gasteiger partial charge in [0.25, 0.3) is 0 Å². The van der Waals surface area contributed by atoms with E-state index in [9.17, 15) is 17.6 Å². The Morgan fingerprint density at radius 2 is 1.54 bits per heavy atom. The molecule has 1 heterocycles. The number of halogens is 1. The zero-order valence-corrected chi connectivity index (χ0v) is 15.7. The average Bonchev–Trinajstić information content (AvgIpc) is 2.73. The van der Waals surface area contributed by atoms with Crippen LogP contribution in [-0.4, -0.2) is 26.5 Å². The summed E-state index contributed by atoms with van der Waals surface area (Å²) in [6.45, 7) is 0. The number of ether oxygens (including phenoxy) is 1. The minimum atomic E-state index is -3.94. The third-order valence-corrected chi connectivity index (χ3v) is 5.77. The maximum absolute atomic E-state index is 12.9. The normalized spacial score (nSPS) is 11.5. The maximum Gasteiger partial charge on any atom is 0.358 e. The molecule has 3 rings (SSSR count). The highest BCUT2D eigenvalue weighted by molar-refractivity contribution is 7.91. The van der Waals surface area contributed by atoms with Crippen LogP contribution in [0.3, 0.4) is 0 Å². The summed E-state index contributed by atoms with van der Waals surface area (Å²) < 4.78 is 43.3. The molecule has 0 aliphatic carbocycles. The lowest BCUT2D eigenvalue weighted by Gasteiger charge is -2.08. The molecule has 0 saturated heterocycles. The quantitative estimate of drug-likeness (QED) is 0.480.